The van der Waals surface area contributed by atoms with Crippen molar-refractivity contribution in [1.82, 2.24) is 9.80 Å². The highest BCUT2D eigenvalue weighted by molar-refractivity contribution is 5.83. The summed E-state index contributed by atoms with van der Waals surface area (Å²) < 4.78 is 0. The lowest BCUT2D eigenvalue weighted by atomic mass is 9.89. The molecule has 1 heterocycles. The molecule has 3 atom stereocenters. The van der Waals surface area contributed by atoms with Crippen LogP contribution in [0, 0.1) is 5.92 Å². The van der Waals surface area contributed by atoms with E-state index in [2.05, 4.69) is 0 Å². The van der Waals surface area contributed by atoms with Crippen molar-refractivity contribution >= 4 is 11.9 Å². The van der Waals surface area contributed by atoms with E-state index in [1.165, 1.54) is 0 Å². The first-order chi connectivity index (χ1) is 8.93. The van der Waals surface area contributed by atoms with E-state index in [0.29, 0.717) is 19.6 Å². The molecule has 0 aliphatic carbocycles. The Labute approximate surface area is 115 Å². The molecular weight excluding hydrogens is 244 g/mol. The van der Waals surface area contributed by atoms with E-state index >= 15 is 0 Å². The van der Waals surface area contributed by atoms with Gasteiger partial charge in [-0.1, -0.05) is 6.92 Å². The van der Waals surface area contributed by atoms with E-state index in [-0.39, 0.29) is 17.9 Å². The molecule has 0 aromatic rings. The number of carboxylic acids is 1. The number of carbonyl (C=O) groups excluding carboxylic acids is 1. The Morgan fingerprint density at radius 3 is 2.42 bits per heavy atom. The number of carboxylic acid groups (broad SMARTS) is 1. The highest BCUT2D eigenvalue weighted by Gasteiger charge is 2.39. The van der Waals surface area contributed by atoms with Crippen molar-refractivity contribution in [3.63, 3.8) is 0 Å². The molecule has 1 amide bonds. The fourth-order valence-corrected chi connectivity index (χ4v) is 2.98. The predicted molar refractivity (Wildman–Crippen MR) is 73.9 cm³/mol. The van der Waals surface area contributed by atoms with Crippen LogP contribution in [-0.4, -0.2) is 58.5 Å². The van der Waals surface area contributed by atoms with Crippen molar-refractivity contribution in [1.29, 1.82) is 0 Å². The number of aliphatic carboxylic acids is 1. The average molecular weight is 270 g/mol. The van der Waals surface area contributed by atoms with Gasteiger partial charge >= 0.3 is 5.97 Å². The third-order valence-corrected chi connectivity index (χ3v) is 4.16. The van der Waals surface area contributed by atoms with Crippen LogP contribution >= 0.6 is 0 Å². The van der Waals surface area contributed by atoms with E-state index in [1.807, 2.05) is 32.6 Å². The number of likely N-dealkylation sites (N-methyl/N-ethyl adjacent to an activating group) is 1. The molecule has 0 bridgehead atoms. The van der Waals surface area contributed by atoms with Crippen LogP contribution in [0.2, 0.25) is 0 Å². The Balaban J connectivity index is 2.86. The van der Waals surface area contributed by atoms with Crippen LogP contribution in [0.4, 0.5) is 0 Å². The maximum absolute atomic E-state index is 12.4. The fourth-order valence-electron chi connectivity index (χ4n) is 2.98. The van der Waals surface area contributed by atoms with Gasteiger partial charge in [0.2, 0.25) is 5.91 Å². The lowest BCUT2D eigenvalue weighted by molar-refractivity contribution is -0.151. The SMILES string of the molecule is CCN(CC)C(=O)C(C)N1CCCC(C)C1C(=O)O. The quantitative estimate of drug-likeness (QED) is 0.821. The standard InChI is InChI=1S/C14H26N2O3/c1-5-15(6-2)13(17)11(4)16-9-7-8-10(3)12(16)14(18)19/h10-12H,5-9H2,1-4H3,(H,18,19). The van der Waals surface area contributed by atoms with Gasteiger partial charge in [0, 0.05) is 13.1 Å². The molecule has 1 saturated heterocycles. The van der Waals surface area contributed by atoms with Crippen LogP contribution in [0.5, 0.6) is 0 Å². The summed E-state index contributed by atoms with van der Waals surface area (Å²) in [5.41, 5.74) is 0. The number of hydrogen-bond donors (Lipinski definition) is 1. The zero-order chi connectivity index (χ0) is 14.6. The van der Waals surface area contributed by atoms with Crippen LogP contribution in [0.1, 0.15) is 40.5 Å². The summed E-state index contributed by atoms with van der Waals surface area (Å²) in [5, 5.41) is 9.40. The van der Waals surface area contributed by atoms with Crippen LogP contribution in [0.25, 0.3) is 0 Å². The summed E-state index contributed by atoms with van der Waals surface area (Å²) in [7, 11) is 0. The third-order valence-electron chi connectivity index (χ3n) is 4.16. The molecule has 0 radical (unpaired) electrons. The van der Waals surface area contributed by atoms with Crippen LogP contribution in [0.15, 0.2) is 0 Å². The molecule has 1 rings (SSSR count). The first-order valence-electron chi connectivity index (χ1n) is 7.21. The Morgan fingerprint density at radius 2 is 1.95 bits per heavy atom. The smallest absolute Gasteiger partial charge is 0.321 e. The van der Waals surface area contributed by atoms with Crippen molar-refractivity contribution < 1.29 is 14.7 Å². The maximum Gasteiger partial charge on any atom is 0.321 e. The molecule has 0 spiro atoms. The van der Waals surface area contributed by atoms with Gasteiger partial charge in [0.1, 0.15) is 6.04 Å². The van der Waals surface area contributed by atoms with E-state index in [1.54, 1.807) is 4.90 Å². The second kappa shape index (κ2) is 6.89. The number of carbonyl (C=O) groups is 2. The van der Waals surface area contributed by atoms with Gasteiger partial charge in [0.25, 0.3) is 0 Å². The van der Waals surface area contributed by atoms with Gasteiger partial charge in [-0.05, 0) is 46.1 Å². The number of hydrogen-bond acceptors (Lipinski definition) is 3. The van der Waals surface area contributed by atoms with E-state index < -0.39 is 12.0 Å². The minimum Gasteiger partial charge on any atom is -0.480 e. The second-order valence-corrected chi connectivity index (χ2v) is 5.33. The number of nitrogens with zero attached hydrogens (tertiary/aromatic N) is 2. The highest BCUT2D eigenvalue weighted by atomic mass is 16.4. The van der Waals surface area contributed by atoms with Crippen LogP contribution in [-0.2, 0) is 9.59 Å². The maximum atomic E-state index is 12.4. The van der Waals surface area contributed by atoms with Crippen molar-refractivity contribution in [2.45, 2.75) is 52.6 Å². The minimum absolute atomic E-state index is 0.0327. The summed E-state index contributed by atoms with van der Waals surface area (Å²) in [5.74, 6) is -0.685. The molecule has 110 valence electrons. The van der Waals surface area contributed by atoms with Crippen molar-refractivity contribution in [2.75, 3.05) is 19.6 Å². The zero-order valence-electron chi connectivity index (χ0n) is 12.4. The topological polar surface area (TPSA) is 60.9 Å². The Hall–Kier alpha value is -1.10. The molecule has 1 aliphatic rings. The number of amides is 1. The molecule has 3 unspecified atom stereocenters. The molecule has 1 N–H and O–H groups in total. The molecule has 0 saturated carbocycles. The Morgan fingerprint density at radius 1 is 1.37 bits per heavy atom. The predicted octanol–water partition coefficient (Wildman–Crippen LogP) is 1.43. The van der Waals surface area contributed by atoms with E-state index in [4.69, 9.17) is 0 Å². The molecule has 1 aliphatic heterocycles. The van der Waals surface area contributed by atoms with E-state index in [0.717, 1.165) is 12.8 Å². The number of piperidine rings is 1. The third kappa shape index (κ3) is 3.47. The minimum atomic E-state index is -0.814. The lowest BCUT2D eigenvalue weighted by Crippen LogP contribution is -2.57. The van der Waals surface area contributed by atoms with Crippen molar-refractivity contribution in [3.05, 3.63) is 0 Å². The largest absolute Gasteiger partial charge is 0.480 e. The van der Waals surface area contributed by atoms with Gasteiger partial charge in [0.15, 0.2) is 0 Å². The second-order valence-electron chi connectivity index (χ2n) is 5.33. The van der Waals surface area contributed by atoms with Gasteiger partial charge in [-0.25, -0.2) is 0 Å². The molecule has 1 fully saturated rings. The van der Waals surface area contributed by atoms with Gasteiger partial charge in [-0.15, -0.1) is 0 Å². The molecular formula is C14H26N2O3. The molecule has 5 heteroatoms. The van der Waals surface area contributed by atoms with Crippen LogP contribution < -0.4 is 0 Å². The summed E-state index contributed by atoms with van der Waals surface area (Å²) in [6.07, 6.45) is 1.88. The van der Waals surface area contributed by atoms with Gasteiger partial charge < -0.3 is 10.0 Å². The molecule has 0 aromatic heterocycles. The van der Waals surface area contributed by atoms with Crippen molar-refractivity contribution in [2.24, 2.45) is 5.92 Å². The van der Waals surface area contributed by atoms with Gasteiger partial charge in [-0.3, -0.25) is 14.5 Å². The van der Waals surface area contributed by atoms with Crippen molar-refractivity contribution in [3.8, 4) is 0 Å². The first kappa shape index (κ1) is 16.0. The van der Waals surface area contributed by atoms with Gasteiger partial charge in [-0.2, -0.15) is 0 Å². The molecule has 19 heavy (non-hydrogen) atoms. The average Bonchev–Trinajstić information content (AvgIpc) is 2.38. The summed E-state index contributed by atoms with van der Waals surface area (Å²) in [6.45, 7) is 9.70. The monoisotopic (exact) mass is 270 g/mol. The van der Waals surface area contributed by atoms with E-state index in [9.17, 15) is 14.7 Å². The number of rotatable bonds is 5. The summed E-state index contributed by atoms with van der Waals surface area (Å²) in [4.78, 5) is 27.4. The normalized spacial score (nSPS) is 25.9. The highest BCUT2D eigenvalue weighted by Crippen LogP contribution is 2.26. The summed E-state index contributed by atoms with van der Waals surface area (Å²) in [6, 6.07) is -0.896. The molecule has 0 aromatic carbocycles. The Kier molecular flexibility index (Phi) is 5.79. The van der Waals surface area contributed by atoms with Gasteiger partial charge in [0.05, 0.1) is 6.04 Å². The lowest BCUT2D eigenvalue weighted by Gasteiger charge is -2.41. The van der Waals surface area contributed by atoms with Crippen LogP contribution in [0.3, 0.4) is 0 Å². The fraction of sp³-hybridized carbons (Fsp3) is 0.857. The first-order valence-corrected chi connectivity index (χ1v) is 7.21. The summed E-state index contributed by atoms with van der Waals surface area (Å²) >= 11 is 0. The molecule has 5 nitrogen and oxygen atoms in total. The number of likely N-dealkylation sites (tertiary alicyclic amines) is 1. The zero-order valence-corrected chi connectivity index (χ0v) is 12.4. The Bertz CT molecular complexity index is 329.